The van der Waals surface area contributed by atoms with E-state index in [9.17, 15) is 13.6 Å². The Bertz CT molecular complexity index is 388. The normalized spacial score (nSPS) is 10.8. The van der Waals surface area contributed by atoms with Crippen molar-refractivity contribution < 1.29 is 18.3 Å². The zero-order valence-corrected chi connectivity index (χ0v) is 11.9. The first-order valence-corrected chi connectivity index (χ1v) is 7.21. The number of carbonyl (C=O) groups excluding carboxylic acids is 1. The molecule has 112 valence electrons. The first-order chi connectivity index (χ1) is 9.63. The number of hydrogen-bond donors (Lipinski definition) is 0. The molecule has 20 heavy (non-hydrogen) atoms. The molecule has 0 N–H and O–H groups in total. The number of carbonyl (C=O) groups is 1. The average Bonchev–Trinajstić information content (AvgIpc) is 2.42. The van der Waals surface area contributed by atoms with E-state index in [0.29, 0.717) is 12.0 Å². The van der Waals surface area contributed by atoms with Gasteiger partial charge in [0.1, 0.15) is 5.75 Å². The Morgan fingerprint density at radius 1 is 1.05 bits per heavy atom. The molecule has 0 aliphatic heterocycles. The standard InChI is InChI=1S/C16H22F2O2/c1-2-3-4-5-6-7-8-15(19)13-9-11-14(12-10-13)20-16(17)18/h9-12,16H,2-8H2,1H3. The number of halogens is 2. The minimum atomic E-state index is -2.83. The van der Waals surface area contributed by atoms with Crippen LogP contribution in [0.15, 0.2) is 24.3 Å². The second kappa shape index (κ2) is 9.45. The molecule has 0 spiro atoms. The number of Topliss-reactive ketones (excluding diaryl/α,β-unsaturated/α-hetero) is 1. The number of rotatable bonds is 10. The van der Waals surface area contributed by atoms with Crippen molar-refractivity contribution in [2.24, 2.45) is 0 Å². The Morgan fingerprint density at radius 3 is 2.25 bits per heavy atom. The van der Waals surface area contributed by atoms with Gasteiger partial charge in [-0.3, -0.25) is 4.79 Å². The second-order valence-corrected chi connectivity index (χ2v) is 4.84. The van der Waals surface area contributed by atoms with Crippen LogP contribution < -0.4 is 4.74 Å². The molecule has 2 nitrogen and oxygen atoms in total. The first kappa shape index (κ1) is 16.6. The highest BCUT2D eigenvalue weighted by Gasteiger charge is 2.07. The third kappa shape index (κ3) is 6.64. The summed E-state index contributed by atoms with van der Waals surface area (Å²) in [6.45, 7) is -0.662. The lowest BCUT2D eigenvalue weighted by Crippen LogP contribution is -2.03. The minimum Gasteiger partial charge on any atom is -0.435 e. The van der Waals surface area contributed by atoms with Crippen molar-refractivity contribution in [1.82, 2.24) is 0 Å². The van der Waals surface area contributed by atoms with E-state index in [1.807, 2.05) is 0 Å². The van der Waals surface area contributed by atoms with Crippen LogP contribution >= 0.6 is 0 Å². The van der Waals surface area contributed by atoms with Gasteiger partial charge in [0.15, 0.2) is 5.78 Å². The van der Waals surface area contributed by atoms with Gasteiger partial charge in [0.05, 0.1) is 0 Å². The predicted octanol–water partition coefficient (Wildman–Crippen LogP) is 5.22. The Balaban J connectivity index is 2.29. The number of benzene rings is 1. The quantitative estimate of drug-likeness (QED) is 0.435. The number of alkyl halides is 2. The molecule has 0 bridgehead atoms. The Hall–Kier alpha value is -1.45. The van der Waals surface area contributed by atoms with Gasteiger partial charge < -0.3 is 4.74 Å². The molecule has 1 aromatic rings. The van der Waals surface area contributed by atoms with Gasteiger partial charge in [0.25, 0.3) is 0 Å². The Morgan fingerprint density at radius 2 is 1.65 bits per heavy atom. The van der Waals surface area contributed by atoms with E-state index in [1.165, 1.54) is 49.9 Å². The molecule has 0 atom stereocenters. The van der Waals surface area contributed by atoms with Crippen LogP contribution in [0.5, 0.6) is 5.75 Å². The number of unbranched alkanes of at least 4 members (excludes halogenated alkanes) is 5. The molecule has 4 heteroatoms. The molecule has 0 aliphatic rings. The molecule has 1 aromatic carbocycles. The van der Waals surface area contributed by atoms with Crippen molar-refractivity contribution in [2.75, 3.05) is 0 Å². The van der Waals surface area contributed by atoms with Crippen molar-refractivity contribution in [3.05, 3.63) is 29.8 Å². The van der Waals surface area contributed by atoms with E-state index in [0.717, 1.165) is 12.8 Å². The van der Waals surface area contributed by atoms with Gasteiger partial charge in [-0.1, -0.05) is 39.0 Å². The largest absolute Gasteiger partial charge is 0.435 e. The van der Waals surface area contributed by atoms with Crippen molar-refractivity contribution in [3.63, 3.8) is 0 Å². The monoisotopic (exact) mass is 284 g/mol. The van der Waals surface area contributed by atoms with E-state index in [2.05, 4.69) is 11.7 Å². The fourth-order valence-electron chi connectivity index (χ4n) is 2.03. The van der Waals surface area contributed by atoms with Crippen LogP contribution in [0.3, 0.4) is 0 Å². The van der Waals surface area contributed by atoms with Crippen molar-refractivity contribution in [2.45, 2.75) is 58.5 Å². The molecule has 0 heterocycles. The Labute approximate surface area is 119 Å². The molecule has 0 saturated carbocycles. The molecule has 0 aromatic heterocycles. The topological polar surface area (TPSA) is 26.3 Å². The molecular weight excluding hydrogens is 262 g/mol. The van der Waals surface area contributed by atoms with E-state index in [-0.39, 0.29) is 11.5 Å². The molecule has 0 fully saturated rings. The van der Waals surface area contributed by atoms with E-state index in [1.54, 1.807) is 0 Å². The highest BCUT2D eigenvalue weighted by atomic mass is 19.3. The summed E-state index contributed by atoms with van der Waals surface area (Å²) in [5.74, 6) is 0.139. The lowest BCUT2D eigenvalue weighted by Gasteiger charge is -2.05. The van der Waals surface area contributed by atoms with Crippen LogP contribution in [0.2, 0.25) is 0 Å². The zero-order chi connectivity index (χ0) is 14.8. The van der Waals surface area contributed by atoms with Crippen molar-refractivity contribution in [1.29, 1.82) is 0 Å². The molecule has 0 radical (unpaired) electrons. The predicted molar refractivity (Wildman–Crippen MR) is 75.4 cm³/mol. The zero-order valence-electron chi connectivity index (χ0n) is 11.9. The molecule has 0 unspecified atom stereocenters. The third-order valence-corrected chi connectivity index (χ3v) is 3.16. The van der Waals surface area contributed by atoms with Crippen LogP contribution in [0, 0.1) is 0 Å². The number of hydrogen-bond acceptors (Lipinski definition) is 2. The molecule has 0 aliphatic carbocycles. The smallest absolute Gasteiger partial charge is 0.387 e. The minimum absolute atomic E-state index is 0.0593. The van der Waals surface area contributed by atoms with Gasteiger partial charge in [0, 0.05) is 12.0 Å². The Kier molecular flexibility index (Phi) is 7.85. The highest BCUT2D eigenvalue weighted by Crippen LogP contribution is 2.17. The molecular formula is C16H22F2O2. The van der Waals surface area contributed by atoms with Crippen LogP contribution in [0.4, 0.5) is 8.78 Å². The van der Waals surface area contributed by atoms with Crippen LogP contribution in [-0.4, -0.2) is 12.4 Å². The number of ketones is 1. The van der Waals surface area contributed by atoms with Gasteiger partial charge in [0.2, 0.25) is 0 Å². The summed E-state index contributed by atoms with van der Waals surface area (Å²) in [6.07, 6.45) is 7.33. The van der Waals surface area contributed by atoms with Gasteiger partial charge in [-0.15, -0.1) is 0 Å². The first-order valence-electron chi connectivity index (χ1n) is 7.21. The fraction of sp³-hybridized carbons (Fsp3) is 0.562. The van der Waals surface area contributed by atoms with Gasteiger partial charge >= 0.3 is 6.61 Å². The van der Waals surface area contributed by atoms with Crippen molar-refractivity contribution >= 4 is 5.78 Å². The van der Waals surface area contributed by atoms with E-state index < -0.39 is 6.61 Å². The summed E-state index contributed by atoms with van der Waals surface area (Å²) >= 11 is 0. The third-order valence-electron chi connectivity index (χ3n) is 3.16. The summed E-state index contributed by atoms with van der Waals surface area (Å²) < 4.78 is 28.2. The maximum Gasteiger partial charge on any atom is 0.387 e. The maximum absolute atomic E-state index is 12.0. The van der Waals surface area contributed by atoms with E-state index >= 15 is 0 Å². The van der Waals surface area contributed by atoms with Gasteiger partial charge in [-0.2, -0.15) is 8.78 Å². The van der Waals surface area contributed by atoms with Crippen molar-refractivity contribution in [3.8, 4) is 5.75 Å². The van der Waals surface area contributed by atoms with Gasteiger partial charge in [-0.25, -0.2) is 0 Å². The summed E-state index contributed by atoms with van der Waals surface area (Å²) in [6, 6.07) is 5.88. The highest BCUT2D eigenvalue weighted by molar-refractivity contribution is 5.96. The van der Waals surface area contributed by atoms with Crippen LogP contribution in [-0.2, 0) is 0 Å². The SMILES string of the molecule is CCCCCCCCC(=O)c1ccc(OC(F)F)cc1. The lowest BCUT2D eigenvalue weighted by atomic mass is 10.0. The summed E-state index contributed by atoms with van der Waals surface area (Å²) in [5, 5.41) is 0. The molecule has 0 amide bonds. The second-order valence-electron chi connectivity index (χ2n) is 4.84. The maximum atomic E-state index is 12.0. The van der Waals surface area contributed by atoms with Crippen LogP contribution in [0.1, 0.15) is 62.2 Å². The summed E-state index contributed by atoms with van der Waals surface area (Å²) in [5.41, 5.74) is 0.556. The fourth-order valence-corrected chi connectivity index (χ4v) is 2.03. The van der Waals surface area contributed by atoms with Crippen LogP contribution in [0.25, 0.3) is 0 Å². The summed E-state index contributed by atoms with van der Waals surface area (Å²) in [7, 11) is 0. The molecule has 0 saturated heterocycles. The van der Waals surface area contributed by atoms with E-state index in [4.69, 9.17) is 0 Å². The number of ether oxygens (including phenoxy) is 1. The average molecular weight is 284 g/mol. The molecule has 1 rings (SSSR count). The van der Waals surface area contributed by atoms with Gasteiger partial charge in [-0.05, 0) is 30.7 Å². The summed E-state index contributed by atoms with van der Waals surface area (Å²) in [4.78, 5) is 11.9. The lowest BCUT2D eigenvalue weighted by molar-refractivity contribution is -0.0498.